The molecule has 1 rings (SSSR count). The van der Waals surface area contributed by atoms with Crippen molar-refractivity contribution in [1.29, 1.82) is 0 Å². The number of aliphatic hydroxyl groups is 1. The lowest BCUT2D eigenvalue weighted by Gasteiger charge is -2.07. The molecule has 4 heteroatoms. The van der Waals surface area contributed by atoms with Crippen LogP contribution in [0.25, 0.3) is 0 Å². The van der Waals surface area contributed by atoms with Crippen LogP contribution < -0.4 is 5.32 Å². The van der Waals surface area contributed by atoms with Crippen LogP contribution in [-0.2, 0) is 0 Å². The monoisotopic (exact) mass is 203 g/mol. The van der Waals surface area contributed by atoms with E-state index in [1.54, 1.807) is 23.1 Å². The molecule has 1 atom stereocenters. The number of thioether (sulfide) groups is 1. The molecule has 1 heterocycles. The van der Waals surface area contributed by atoms with Crippen LogP contribution in [0.5, 0.6) is 0 Å². The molecule has 2 N–H and O–H groups in total. The van der Waals surface area contributed by atoms with Gasteiger partial charge in [0, 0.05) is 12.3 Å². The van der Waals surface area contributed by atoms with Crippen LogP contribution in [0.2, 0.25) is 0 Å². The smallest absolute Gasteiger partial charge is 0.0758 e. The van der Waals surface area contributed by atoms with E-state index in [1.807, 2.05) is 18.5 Å². The summed E-state index contributed by atoms with van der Waals surface area (Å²) in [5.74, 6) is 0.765. The summed E-state index contributed by atoms with van der Waals surface area (Å²) in [4.78, 5) is 0. The average Bonchev–Trinajstić information content (AvgIpc) is 2.53. The second kappa shape index (κ2) is 5.59. The fourth-order valence-corrected chi connectivity index (χ4v) is 2.56. The molecule has 0 radical (unpaired) electrons. The summed E-state index contributed by atoms with van der Waals surface area (Å²) in [6.45, 7) is 0.665. The van der Waals surface area contributed by atoms with E-state index >= 15 is 0 Å². The Morgan fingerprint density at radius 2 is 2.58 bits per heavy atom. The minimum atomic E-state index is -0.248. The Morgan fingerprint density at radius 3 is 3.17 bits per heavy atom. The summed E-state index contributed by atoms with van der Waals surface area (Å²) in [6.07, 6.45) is -0.248. The van der Waals surface area contributed by atoms with Gasteiger partial charge in [-0.3, -0.25) is 0 Å². The van der Waals surface area contributed by atoms with E-state index in [0.717, 1.165) is 5.75 Å². The van der Waals surface area contributed by atoms with Crippen molar-refractivity contribution < 1.29 is 5.11 Å². The third-order valence-corrected chi connectivity index (χ3v) is 3.63. The molecule has 0 aliphatic rings. The minimum absolute atomic E-state index is 0.248. The Morgan fingerprint density at radius 1 is 1.75 bits per heavy atom. The molecule has 0 saturated heterocycles. The molecule has 0 amide bonds. The van der Waals surface area contributed by atoms with Gasteiger partial charge in [0.2, 0.25) is 0 Å². The first-order chi connectivity index (χ1) is 5.83. The summed E-state index contributed by atoms with van der Waals surface area (Å²) >= 11 is 3.42. The van der Waals surface area contributed by atoms with Gasteiger partial charge in [-0.15, -0.1) is 23.1 Å². The van der Waals surface area contributed by atoms with Crippen molar-refractivity contribution in [3.8, 4) is 0 Å². The van der Waals surface area contributed by atoms with E-state index in [4.69, 9.17) is 0 Å². The van der Waals surface area contributed by atoms with Crippen molar-refractivity contribution in [2.75, 3.05) is 19.3 Å². The van der Waals surface area contributed by atoms with Crippen molar-refractivity contribution in [1.82, 2.24) is 5.32 Å². The van der Waals surface area contributed by atoms with E-state index in [0.29, 0.717) is 6.54 Å². The quantitative estimate of drug-likeness (QED) is 0.710. The number of rotatable bonds is 5. The van der Waals surface area contributed by atoms with Crippen molar-refractivity contribution in [3.63, 3.8) is 0 Å². The van der Waals surface area contributed by atoms with Gasteiger partial charge < -0.3 is 10.4 Å². The molecule has 0 aliphatic heterocycles. The topological polar surface area (TPSA) is 32.3 Å². The zero-order chi connectivity index (χ0) is 8.81. The Labute approximate surface area is 81.0 Å². The molecule has 1 unspecified atom stereocenters. The van der Waals surface area contributed by atoms with Gasteiger partial charge in [-0.05, 0) is 18.5 Å². The maximum atomic E-state index is 9.37. The third-order valence-electron chi connectivity index (χ3n) is 1.35. The van der Waals surface area contributed by atoms with Crippen LogP contribution in [0.15, 0.2) is 21.7 Å². The van der Waals surface area contributed by atoms with Crippen molar-refractivity contribution >= 4 is 23.1 Å². The maximum Gasteiger partial charge on any atom is 0.0758 e. The second-order valence-corrected chi connectivity index (χ2v) is 4.72. The zero-order valence-corrected chi connectivity index (χ0v) is 8.62. The van der Waals surface area contributed by atoms with E-state index in [2.05, 4.69) is 11.4 Å². The Hall–Kier alpha value is -0.0300. The van der Waals surface area contributed by atoms with Gasteiger partial charge in [0.15, 0.2) is 0 Å². The highest BCUT2D eigenvalue weighted by molar-refractivity contribution is 8.01. The molecular weight excluding hydrogens is 190 g/mol. The lowest BCUT2D eigenvalue weighted by atomic mass is 10.4. The summed E-state index contributed by atoms with van der Waals surface area (Å²) in [5.41, 5.74) is 0. The zero-order valence-electron chi connectivity index (χ0n) is 6.99. The highest BCUT2D eigenvalue weighted by Crippen LogP contribution is 2.23. The summed E-state index contributed by atoms with van der Waals surface area (Å²) in [6, 6.07) is 4.10. The SMILES string of the molecule is CNCC(O)CSc1cccs1. The van der Waals surface area contributed by atoms with Crippen LogP contribution in [0.3, 0.4) is 0 Å². The van der Waals surface area contributed by atoms with Crippen LogP contribution >= 0.6 is 23.1 Å². The molecular formula is C8H13NOS2. The number of aliphatic hydroxyl groups excluding tert-OH is 1. The van der Waals surface area contributed by atoms with Crippen molar-refractivity contribution in [2.24, 2.45) is 0 Å². The molecule has 0 aromatic carbocycles. The van der Waals surface area contributed by atoms with Crippen molar-refractivity contribution in [3.05, 3.63) is 17.5 Å². The predicted octanol–water partition coefficient (Wildman–Crippen LogP) is 1.42. The lowest BCUT2D eigenvalue weighted by molar-refractivity contribution is 0.199. The predicted molar refractivity (Wildman–Crippen MR) is 55.0 cm³/mol. The summed E-state index contributed by atoms with van der Waals surface area (Å²) < 4.78 is 1.27. The molecule has 68 valence electrons. The molecule has 12 heavy (non-hydrogen) atoms. The number of nitrogens with one attached hydrogen (secondary N) is 1. The highest BCUT2D eigenvalue weighted by atomic mass is 32.2. The lowest BCUT2D eigenvalue weighted by Crippen LogP contribution is -2.25. The normalized spacial score (nSPS) is 13.2. The first-order valence-electron chi connectivity index (χ1n) is 3.82. The Balaban J connectivity index is 2.17. The van der Waals surface area contributed by atoms with Gasteiger partial charge in [0.05, 0.1) is 10.3 Å². The molecule has 1 aromatic rings. The molecule has 1 aromatic heterocycles. The molecule has 0 fully saturated rings. The Kier molecular flexibility index (Phi) is 4.68. The maximum absolute atomic E-state index is 9.37. The fraction of sp³-hybridized carbons (Fsp3) is 0.500. The number of hydrogen-bond acceptors (Lipinski definition) is 4. The molecule has 0 bridgehead atoms. The van der Waals surface area contributed by atoms with E-state index < -0.39 is 0 Å². The molecule has 0 spiro atoms. The molecule has 0 aliphatic carbocycles. The first kappa shape index (κ1) is 10.1. The van der Waals surface area contributed by atoms with Gasteiger partial charge in [-0.1, -0.05) is 6.07 Å². The van der Waals surface area contributed by atoms with E-state index in [-0.39, 0.29) is 6.10 Å². The van der Waals surface area contributed by atoms with E-state index in [1.165, 1.54) is 4.21 Å². The Bertz CT molecular complexity index is 201. The fourth-order valence-electron chi connectivity index (χ4n) is 0.818. The van der Waals surface area contributed by atoms with Crippen LogP contribution in [0, 0.1) is 0 Å². The first-order valence-corrected chi connectivity index (χ1v) is 5.68. The van der Waals surface area contributed by atoms with Gasteiger partial charge in [0.25, 0.3) is 0 Å². The minimum Gasteiger partial charge on any atom is -0.391 e. The number of likely N-dealkylation sites (N-methyl/N-ethyl adjacent to an activating group) is 1. The molecule has 0 saturated carbocycles. The average molecular weight is 203 g/mol. The van der Waals surface area contributed by atoms with Gasteiger partial charge in [-0.2, -0.15) is 0 Å². The van der Waals surface area contributed by atoms with Gasteiger partial charge in [0.1, 0.15) is 0 Å². The van der Waals surface area contributed by atoms with Gasteiger partial charge >= 0.3 is 0 Å². The van der Waals surface area contributed by atoms with Crippen LogP contribution in [0.4, 0.5) is 0 Å². The highest BCUT2D eigenvalue weighted by Gasteiger charge is 2.03. The number of hydrogen-bond donors (Lipinski definition) is 2. The number of thiophene rings is 1. The van der Waals surface area contributed by atoms with Crippen molar-refractivity contribution in [2.45, 2.75) is 10.3 Å². The van der Waals surface area contributed by atoms with E-state index in [9.17, 15) is 5.11 Å². The van der Waals surface area contributed by atoms with Gasteiger partial charge in [-0.25, -0.2) is 0 Å². The summed E-state index contributed by atoms with van der Waals surface area (Å²) in [5, 5.41) is 14.4. The summed E-state index contributed by atoms with van der Waals surface area (Å²) in [7, 11) is 1.85. The van der Waals surface area contributed by atoms with Crippen LogP contribution in [-0.4, -0.2) is 30.6 Å². The standard InChI is InChI=1S/C8H13NOS2/c1-9-5-7(10)6-12-8-3-2-4-11-8/h2-4,7,9-10H,5-6H2,1H3. The third kappa shape index (κ3) is 3.58. The largest absolute Gasteiger partial charge is 0.391 e. The second-order valence-electron chi connectivity index (χ2n) is 2.45. The van der Waals surface area contributed by atoms with Crippen LogP contribution in [0.1, 0.15) is 0 Å². The molecule has 2 nitrogen and oxygen atoms in total.